The van der Waals surface area contributed by atoms with Gasteiger partial charge in [-0.2, -0.15) is 0 Å². The summed E-state index contributed by atoms with van der Waals surface area (Å²) in [5, 5.41) is 1.77. The van der Waals surface area contributed by atoms with Gasteiger partial charge in [0.15, 0.2) is 0 Å². The molecular weight excluding hydrogens is 192 g/mol. The van der Waals surface area contributed by atoms with Gasteiger partial charge in [-0.1, -0.05) is 0 Å². The van der Waals surface area contributed by atoms with Crippen molar-refractivity contribution in [2.45, 2.75) is 13.0 Å². The molecule has 4 heteroatoms. The molecule has 1 aliphatic heterocycles. The number of nitrogens with zero attached hydrogens (tertiary/aromatic N) is 1. The van der Waals surface area contributed by atoms with Crippen LogP contribution in [0.4, 0.5) is 0 Å². The fourth-order valence-electron chi connectivity index (χ4n) is 1.76. The van der Waals surface area contributed by atoms with Crippen LogP contribution < -0.4 is 15.3 Å². The molecule has 1 aromatic rings. The molecule has 2 rings (SSSR count). The Hall–Kier alpha value is -1.26. The first-order chi connectivity index (χ1) is 7.17. The molecular formula is C11H16N2O2. The van der Waals surface area contributed by atoms with Crippen LogP contribution in [0.25, 0.3) is 0 Å². The number of nitrogens with two attached hydrogens (primary N) is 1. The summed E-state index contributed by atoms with van der Waals surface area (Å²) in [5.74, 6) is 7.45. The maximum Gasteiger partial charge on any atom is 0.124 e. The number of hydrogen-bond acceptors (Lipinski definition) is 4. The molecule has 2 atom stereocenters. The lowest BCUT2D eigenvalue weighted by molar-refractivity contribution is 0.393. The van der Waals surface area contributed by atoms with E-state index in [4.69, 9.17) is 15.3 Å². The van der Waals surface area contributed by atoms with Crippen LogP contribution in [0, 0.1) is 6.92 Å². The van der Waals surface area contributed by atoms with Crippen LogP contribution in [0.1, 0.15) is 17.2 Å². The molecule has 0 saturated carbocycles. The Morgan fingerprint density at radius 2 is 1.87 bits per heavy atom. The van der Waals surface area contributed by atoms with Crippen molar-refractivity contribution in [1.29, 1.82) is 0 Å². The third-order valence-corrected chi connectivity index (χ3v) is 2.76. The molecule has 0 spiro atoms. The minimum atomic E-state index is 0.273. The van der Waals surface area contributed by atoms with Crippen LogP contribution in [0.5, 0.6) is 11.5 Å². The number of ether oxygens (including phenoxy) is 2. The van der Waals surface area contributed by atoms with Crippen LogP contribution >= 0.6 is 0 Å². The van der Waals surface area contributed by atoms with Crippen molar-refractivity contribution in [2.24, 2.45) is 5.84 Å². The van der Waals surface area contributed by atoms with E-state index < -0.39 is 0 Å². The van der Waals surface area contributed by atoms with Crippen molar-refractivity contribution in [3.05, 3.63) is 23.3 Å². The van der Waals surface area contributed by atoms with Crippen LogP contribution in [0.3, 0.4) is 0 Å². The second-order valence-electron chi connectivity index (χ2n) is 3.78. The molecule has 1 fully saturated rings. The van der Waals surface area contributed by atoms with Crippen molar-refractivity contribution in [2.75, 3.05) is 20.8 Å². The zero-order chi connectivity index (χ0) is 11.0. The number of aryl methyl sites for hydroxylation is 1. The standard InChI is InChI=1S/C11H16N2O2/c1-7-4-11(15-3)8(5-10(7)14-2)9-6-13(9)12/h4-5,9H,6,12H2,1-3H3. The van der Waals surface area contributed by atoms with E-state index in [0.29, 0.717) is 0 Å². The highest BCUT2D eigenvalue weighted by molar-refractivity contribution is 5.48. The van der Waals surface area contributed by atoms with Crippen molar-refractivity contribution in [3.63, 3.8) is 0 Å². The van der Waals surface area contributed by atoms with Gasteiger partial charge in [0.25, 0.3) is 0 Å². The highest BCUT2D eigenvalue weighted by Crippen LogP contribution is 2.40. The van der Waals surface area contributed by atoms with Gasteiger partial charge in [0.2, 0.25) is 0 Å². The molecule has 0 radical (unpaired) electrons. The summed E-state index contributed by atoms with van der Waals surface area (Å²) in [7, 11) is 3.35. The summed E-state index contributed by atoms with van der Waals surface area (Å²) in [5.41, 5.74) is 2.17. The number of methoxy groups -OCH3 is 2. The van der Waals surface area contributed by atoms with E-state index in [1.54, 1.807) is 19.2 Å². The third-order valence-electron chi connectivity index (χ3n) is 2.76. The minimum absolute atomic E-state index is 0.273. The second-order valence-corrected chi connectivity index (χ2v) is 3.78. The van der Waals surface area contributed by atoms with Crippen LogP contribution in [-0.4, -0.2) is 25.8 Å². The minimum Gasteiger partial charge on any atom is -0.496 e. The van der Waals surface area contributed by atoms with Gasteiger partial charge in [0, 0.05) is 12.1 Å². The zero-order valence-electron chi connectivity index (χ0n) is 9.28. The first kappa shape index (κ1) is 10.3. The number of rotatable bonds is 3. The van der Waals surface area contributed by atoms with Crippen molar-refractivity contribution in [3.8, 4) is 11.5 Å². The summed E-state index contributed by atoms with van der Waals surface area (Å²) >= 11 is 0. The van der Waals surface area contributed by atoms with Crippen LogP contribution in [0.2, 0.25) is 0 Å². The number of benzene rings is 1. The summed E-state index contributed by atoms with van der Waals surface area (Å²) in [6.07, 6.45) is 0. The van der Waals surface area contributed by atoms with Gasteiger partial charge in [0.1, 0.15) is 11.5 Å². The van der Waals surface area contributed by atoms with E-state index in [9.17, 15) is 0 Å². The molecule has 4 nitrogen and oxygen atoms in total. The highest BCUT2D eigenvalue weighted by atomic mass is 16.5. The Morgan fingerprint density at radius 1 is 1.27 bits per heavy atom. The summed E-state index contributed by atoms with van der Waals surface area (Å²) in [6, 6.07) is 4.26. The van der Waals surface area contributed by atoms with Gasteiger partial charge < -0.3 is 9.47 Å². The van der Waals surface area contributed by atoms with Gasteiger partial charge in [-0.15, -0.1) is 0 Å². The highest BCUT2D eigenvalue weighted by Gasteiger charge is 2.35. The Labute approximate surface area is 89.5 Å². The molecule has 82 valence electrons. The fourth-order valence-corrected chi connectivity index (χ4v) is 1.76. The summed E-state index contributed by atoms with van der Waals surface area (Å²) in [6.45, 7) is 2.88. The van der Waals surface area contributed by atoms with Gasteiger partial charge in [-0.25, -0.2) is 5.01 Å². The molecule has 0 aliphatic carbocycles. The first-order valence-electron chi connectivity index (χ1n) is 4.91. The lowest BCUT2D eigenvalue weighted by atomic mass is 10.1. The van der Waals surface area contributed by atoms with E-state index in [1.165, 1.54) is 0 Å². The SMILES string of the molecule is COc1cc(C2CN2N)c(OC)cc1C. The Kier molecular flexibility index (Phi) is 2.54. The molecule has 1 aliphatic rings. The quantitative estimate of drug-likeness (QED) is 0.599. The van der Waals surface area contributed by atoms with Crippen molar-refractivity contribution >= 4 is 0 Å². The largest absolute Gasteiger partial charge is 0.496 e. The van der Waals surface area contributed by atoms with Crippen LogP contribution in [-0.2, 0) is 0 Å². The third kappa shape index (κ3) is 1.78. The zero-order valence-corrected chi connectivity index (χ0v) is 9.28. The molecule has 1 saturated heterocycles. The molecule has 2 unspecified atom stereocenters. The maximum absolute atomic E-state index is 5.69. The summed E-state index contributed by atoms with van der Waals surface area (Å²) in [4.78, 5) is 0. The van der Waals surface area contributed by atoms with Crippen molar-refractivity contribution < 1.29 is 9.47 Å². The molecule has 1 aromatic carbocycles. The van der Waals surface area contributed by atoms with E-state index in [2.05, 4.69) is 0 Å². The fraction of sp³-hybridized carbons (Fsp3) is 0.455. The number of hydrazine groups is 1. The van der Waals surface area contributed by atoms with E-state index in [1.807, 2.05) is 19.1 Å². The average Bonchev–Trinajstić information content (AvgIpc) is 2.95. The lowest BCUT2D eigenvalue weighted by Crippen LogP contribution is -2.07. The first-order valence-corrected chi connectivity index (χ1v) is 4.91. The Balaban J connectivity index is 2.42. The molecule has 1 heterocycles. The monoisotopic (exact) mass is 208 g/mol. The smallest absolute Gasteiger partial charge is 0.124 e. The van der Waals surface area contributed by atoms with Gasteiger partial charge in [-0.05, 0) is 24.6 Å². The predicted molar refractivity (Wildman–Crippen MR) is 57.9 cm³/mol. The molecule has 0 bridgehead atoms. The molecule has 0 amide bonds. The Morgan fingerprint density at radius 3 is 2.33 bits per heavy atom. The van der Waals surface area contributed by atoms with Gasteiger partial charge in [-0.3, -0.25) is 5.84 Å². The van der Waals surface area contributed by atoms with Crippen LogP contribution in [0.15, 0.2) is 12.1 Å². The Bertz CT molecular complexity index is 379. The van der Waals surface area contributed by atoms with E-state index in [-0.39, 0.29) is 6.04 Å². The molecule has 15 heavy (non-hydrogen) atoms. The normalized spacial score (nSPS) is 23.7. The van der Waals surface area contributed by atoms with E-state index in [0.717, 1.165) is 29.2 Å². The summed E-state index contributed by atoms with van der Waals surface area (Å²) < 4.78 is 10.6. The topological polar surface area (TPSA) is 47.5 Å². The van der Waals surface area contributed by atoms with E-state index >= 15 is 0 Å². The maximum atomic E-state index is 5.69. The lowest BCUT2D eigenvalue weighted by Gasteiger charge is -2.12. The van der Waals surface area contributed by atoms with Gasteiger partial charge >= 0.3 is 0 Å². The number of hydrogen-bond donors (Lipinski definition) is 1. The predicted octanol–water partition coefficient (Wildman–Crippen LogP) is 1.24. The molecule has 0 aromatic heterocycles. The van der Waals surface area contributed by atoms with Crippen molar-refractivity contribution in [1.82, 2.24) is 5.01 Å². The van der Waals surface area contributed by atoms with Gasteiger partial charge in [0.05, 0.1) is 20.3 Å². The average molecular weight is 208 g/mol. The molecule has 2 N–H and O–H groups in total. The second kappa shape index (κ2) is 3.72.